The average Bonchev–Trinajstić information content (AvgIpc) is 2.95. The SMILES string of the molecule is Cc1ccccc1-n1c(CN2CCN(C)CC2)nc2cccnc21. The molecular formula is C19H23N5. The van der Waals surface area contributed by atoms with E-state index >= 15 is 0 Å². The van der Waals surface area contributed by atoms with Crippen molar-refractivity contribution in [2.24, 2.45) is 0 Å². The van der Waals surface area contributed by atoms with Crippen LogP contribution in [0.2, 0.25) is 0 Å². The van der Waals surface area contributed by atoms with Gasteiger partial charge in [-0.3, -0.25) is 9.47 Å². The number of imidazole rings is 1. The van der Waals surface area contributed by atoms with Crippen molar-refractivity contribution in [3.63, 3.8) is 0 Å². The van der Waals surface area contributed by atoms with Crippen LogP contribution in [-0.4, -0.2) is 57.6 Å². The van der Waals surface area contributed by atoms with Gasteiger partial charge in [0, 0.05) is 32.4 Å². The maximum Gasteiger partial charge on any atom is 0.164 e. The first-order valence-electron chi connectivity index (χ1n) is 8.51. The third-order valence-electron chi connectivity index (χ3n) is 4.80. The lowest BCUT2D eigenvalue weighted by Gasteiger charge is -2.32. The Labute approximate surface area is 142 Å². The predicted molar refractivity (Wildman–Crippen MR) is 96.4 cm³/mol. The lowest BCUT2D eigenvalue weighted by molar-refractivity contribution is 0.145. The van der Waals surface area contributed by atoms with Crippen molar-refractivity contribution in [1.82, 2.24) is 24.3 Å². The number of para-hydroxylation sites is 1. The summed E-state index contributed by atoms with van der Waals surface area (Å²) in [5.74, 6) is 1.07. The summed E-state index contributed by atoms with van der Waals surface area (Å²) in [6.07, 6.45) is 1.85. The molecule has 1 fully saturated rings. The molecular weight excluding hydrogens is 298 g/mol. The molecule has 0 unspecified atom stereocenters. The molecule has 1 saturated heterocycles. The summed E-state index contributed by atoms with van der Waals surface area (Å²) in [6.45, 7) is 7.40. The molecule has 0 spiro atoms. The fourth-order valence-electron chi connectivity index (χ4n) is 3.34. The predicted octanol–water partition coefficient (Wildman–Crippen LogP) is 2.48. The second-order valence-electron chi connectivity index (χ2n) is 6.58. The number of hydrogen-bond donors (Lipinski definition) is 0. The van der Waals surface area contributed by atoms with Crippen LogP contribution in [0.25, 0.3) is 16.9 Å². The maximum atomic E-state index is 4.89. The molecule has 4 rings (SSSR count). The minimum absolute atomic E-state index is 0.860. The van der Waals surface area contributed by atoms with Crippen LogP contribution in [0, 0.1) is 6.92 Å². The summed E-state index contributed by atoms with van der Waals surface area (Å²) >= 11 is 0. The van der Waals surface area contributed by atoms with Crippen LogP contribution in [0.4, 0.5) is 0 Å². The van der Waals surface area contributed by atoms with Crippen LogP contribution in [0.15, 0.2) is 42.6 Å². The van der Waals surface area contributed by atoms with Gasteiger partial charge in [-0.15, -0.1) is 0 Å². The molecule has 0 atom stereocenters. The van der Waals surface area contributed by atoms with E-state index in [-0.39, 0.29) is 0 Å². The van der Waals surface area contributed by atoms with E-state index in [4.69, 9.17) is 4.98 Å². The summed E-state index contributed by atoms with van der Waals surface area (Å²) in [6, 6.07) is 12.5. The van der Waals surface area contributed by atoms with Gasteiger partial charge in [0.25, 0.3) is 0 Å². The Bertz CT molecular complexity index is 846. The number of aromatic nitrogens is 3. The van der Waals surface area contributed by atoms with Crippen LogP contribution in [0.5, 0.6) is 0 Å². The number of piperazine rings is 1. The lowest BCUT2D eigenvalue weighted by Crippen LogP contribution is -2.44. The van der Waals surface area contributed by atoms with Crippen molar-refractivity contribution in [2.45, 2.75) is 13.5 Å². The molecule has 24 heavy (non-hydrogen) atoms. The molecule has 5 nitrogen and oxygen atoms in total. The zero-order valence-electron chi connectivity index (χ0n) is 14.3. The summed E-state index contributed by atoms with van der Waals surface area (Å²) in [5.41, 5.74) is 4.31. The average molecular weight is 321 g/mol. The molecule has 1 aromatic carbocycles. The van der Waals surface area contributed by atoms with Crippen molar-refractivity contribution in [3.8, 4) is 5.69 Å². The number of aryl methyl sites for hydroxylation is 1. The van der Waals surface area contributed by atoms with Gasteiger partial charge in [0.1, 0.15) is 11.3 Å². The first kappa shape index (κ1) is 15.3. The Hall–Kier alpha value is -2.24. The Morgan fingerprint density at radius 1 is 1.00 bits per heavy atom. The van der Waals surface area contributed by atoms with Gasteiger partial charge in [-0.25, -0.2) is 9.97 Å². The first-order chi connectivity index (χ1) is 11.7. The van der Waals surface area contributed by atoms with E-state index in [0.717, 1.165) is 49.7 Å². The van der Waals surface area contributed by atoms with E-state index in [0.29, 0.717) is 0 Å². The van der Waals surface area contributed by atoms with Crippen LogP contribution in [0.1, 0.15) is 11.4 Å². The molecule has 2 aromatic heterocycles. The zero-order chi connectivity index (χ0) is 16.5. The monoisotopic (exact) mass is 321 g/mol. The Morgan fingerprint density at radius 2 is 1.79 bits per heavy atom. The van der Waals surface area contributed by atoms with E-state index in [2.05, 4.69) is 57.6 Å². The van der Waals surface area contributed by atoms with Crippen molar-refractivity contribution in [1.29, 1.82) is 0 Å². The molecule has 0 bridgehead atoms. The van der Waals surface area contributed by atoms with Crippen molar-refractivity contribution in [3.05, 3.63) is 54.0 Å². The molecule has 0 aliphatic carbocycles. The van der Waals surface area contributed by atoms with Crippen LogP contribution < -0.4 is 0 Å². The maximum absolute atomic E-state index is 4.89. The highest BCUT2D eigenvalue weighted by atomic mass is 15.3. The van der Waals surface area contributed by atoms with Crippen LogP contribution in [-0.2, 0) is 6.54 Å². The molecule has 1 aliphatic rings. The van der Waals surface area contributed by atoms with Gasteiger partial charge >= 0.3 is 0 Å². The van der Waals surface area contributed by atoms with Crippen LogP contribution >= 0.6 is 0 Å². The van der Waals surface area contributed by atoms with Gasteiger partial charge < -0.3 is 4.90 Å². The molecule has 0 amide bonds. The lowest BCUT2D eigenvalue weighted by atomic mass is 10.2. The van der Waals surface area contributed by atoms with E-state index in [9.17, 15) is 0 Å². The topological polar surface area (TPSA) is 37.2 Å². The molecule has 0 radical (unpaired) electrons. The molecule has 0 saturated carbocycles. The highest BCUT2D eigenvalue weighted by molar-refractivity contribution is 5.74. The zero-order valence-corrected chi connectivity index (χ0v) is 14.3. The second kappa shape index (κ2) is 6.34. The van der Waals surface area contributed by atoms with Crippen molar-refractivity contribution < 1.29 is 0 Å². The quantitative estimate of drug-likeness (QED) is 0.743. The molecule has 5 heteroatoms. The molecule has 3 heterocycles. The number of rotatable bonds is 3. The number of fused-ring (bicyclic) bond motifs is 1. The molecule has 0 N–H and O–H groups in total. The van der Waals surface area contributed by atoms with Gasteiger partial charge in [-0.1, -0.05) is 18.2 Å². The van der Waals surface area contributed by atoms with Crippen molar-refractivity contribution >= 4 is 11.2 Å². The molecule has 1 aliphatic heterocycles. The Balaban J connectivity index is 1.77. The minimum atomic E-state index is 0.860. The highest BCUT2D eigenvalue weighted by Crippen LogP contribution is 2.23. The fourth-order valence-corrected chi connectivity index (χ4v) is 3.34. The van der Waals surface area contributed by atoms with E-state index in [1.807, 2.05) is 18.3 Å². The molecule has 124 valence electrons. The van der Waals surface area contributed by atoms with E-state index in [1.165, 1.54) is 11.3 Å². The Morgan fingerprint density at radius 3 is 2.58 bits per heavy atom. The van der Waals surface area contributed by atoms with E-state index < -0.39 is 0 Å². The fraction of sp³-hybridized carbons (Fsp3) is 0.368. The smallest absolute Gasteiger partial charge is 0.164 e. The first-order valence-corrected chi connectivity index (χ1v) is 8.51. The third kappa shape index (κ3) is 2.81. The number of pyridine rings is 1. The minimum Gasteiger partial charge on any atom is -0.304 e. The van der Waals surface area contributed by atoms with Gasteiger partial charge in [-0.2, -0.15) is 0 Å². The standard InChI is InChI=1S/C19H23N5/c1-15-6-3-4-8-17(15)24-18(14-23-12-10-22(2)11-13-23)21-16-7-5-9-20-19(16)24/h3-9H,10-14H2,1-2H3. The second-order valence-corrected chi connectivity index (χ2v) is 6.58. The van der Waals surface area contributed by atoms with Gasteiger partial charge in [0.2, 0.25) is 0 Å². The highest BCUT2D eigenvalue weighted by Gasteiger charge is 2.19. The summed E-state index contributed by atoms with van der Waals surface area (Å²) in [7, 11) is 2.18. The number of nitrogens with zero attached hydrogens (tertiary/aromatic N) is 5. The van der Waals surface area contributed by atoms with E-state index in [1.54, 1.807) is 0 Å². The normalized spacial score (nSPS) is 16.8. The van der Waals surface area contributed by atoms with Gasteiger partial charge in [-0.05, 0) is 37.7 Å². The number of likely N-dealkylation sites (N-methyl/N-ethyl adjacent to an activating group) is 1. The summed E-state index contributed by atoms with van der Waals surface area (Å²) in [5, 5.41) is 0. The third-order valence-corrected chi connectivity index (χ3v) is 4.80. The van der Waals surface area contributed by atoms with Crippen LogP contribution in [0.3, 0.4) is 0 Å². The summed E-state index contributed by atoms with van der Waals surface area (Å²) in [4.78, 5) is 14.3. The van der Waals surface area contributed by atoms with Gasteiger partial charge in [0.05, 0.1) is 12.2 Å². The van der Waals surface area contributed by atoms with Crippen molar-refractivity contribution in [2.75, 3.05) is 33.2 Å². The number of hydrogen-bond acceptors (Lipinski definition) is 4. The Kier molecular flexibility index (Phi) is 4.04. The van der Waals surface area contributed by atoms with Gasteiger partial charge in [0.15, 0.2) is 5.65 Å². The summed E-state index contributed by atoms with van der Waals surface area (Å²) < 4.78 is 2.23. The largest absolute Gasteiger partial charge is 0.304 e. The molecule has 3 aromatic rings. The number of benzene rings is 1.